The van der Waals surface area contributed by atoms with Crippen molar-refractivity contribution in [3.63, 3.8) is 0 Å². The van der Waals surface area contributed by atoms with Crippen LogP contribution < -0.4 is 0 Å². The second-order valence-electron chi connectivity index (χ2n) is 8.55. The van der Waals surface area contributed by atoms with E-state index in [4.69, 9.17) is 16.3 Å². The van der Waals surface area contributed by atoms with E-state index in [-0.39, 0.29) is 6.09 Å². The molecule has 5 nitrogen and oxygen atoms in total. The number of hydrogen-bond donors (Lipinski definition) is 0. The van der Waals surface area contributed by atoms with Gasteiger partial charge < -0.3 is 14.2 Å². The fourth-order valence-electron chi connectivity index (χ4n) is 3.91. The molecule has 0 N–H and O–H groups in total. The van der Waals surface area contributed by atoms with Crippen molar-refractivity contribution >= 4 is 28.6 Å². The van der Waals surface area contributed by atoms with Gasteiger partial charge in [-0.25, -0.2) is 4.79 Å². The summed E-state index contributed by atoms with van der Waals surface area (Å²) in [4.78, 5) is 18.5. The van der Waals surface area contributed by atoms with Crippen LogP contribution in [0.25, 0.3) is 22.0 Å². The van der Waals surface area contributed by atoms with Crippen molar-refractivity contribution in [3.8, 4) is 11.1 Å². The van der Waals surface area contributed by atoms with Crippen molar-refractivity contribution in [1.82, 2.24) is 14.5 Å². The van der Waals surface area contributed by atoms with E-state index >= 15 is 0 Å². The zero-order chi connectivity index (χ0) is 20.6. The molecule has 0 radical (unpaired) electrons. The summed E-state index contributed by atoms with van der Waals surface area (Å²) in [6, 6.07) is 10.3. The monoisotopic (exact) mass is 411 g/mol. The summed E-state index contributed by atoms with van der Waals surface area (Å²) in [5.41, 5.74) is 2.97. The molecule has 3 heterocycles. The number of aromatic nitrogens is 2. The highest BCUT2D eigenvalue weighted by Gasteiger charge is 2.28. The molecule has 0 bridgehead atoms. The van der Waals surface area contributed by atoms with E-state index in [2.05, 4.69) is 21.8 Å². The first-order valence-corrected chi connectivity index (χ1v) is 10.4. The van der Waals surface area contributed by atoms with Gasteiger partial charge in [0, 0.05) is 53.7 Å². The van der Waals surface area contributed by atoms with Crippen LogP contribution in [0.5, 0.6) is 0 Å². The summed E-state index contributed by atoms with van der Waals surface area (Å²) in [7, 11) is 0. The van der Waals surface area contributed by atoms with Gasteiger partial charge in [0.05, 0.1) is 5.52 Å². The van der Waals surface area contributed by atoms with Gasteiger partial charge in [0.15, 0.2) is 0 Å². The first-order chi connectivity index (χ1) is 13.8. The molecule has 3 aromatic rings. The third kappa shape index (κ3) is 4.25. The highest BCUT2D eigenvalue weighted by molar-refractivity contribution is 6.30. The molecular formula is C23H26ClN3O2. The minimum absolute atomic E-state index is 0.223. The normalized spacial score (nSPS) is 15.7. The fourth-order valence-corrected chi connectivity index (χ4v) is 4.04. The standard InChI is InChI=1S/C23H26ClN3O2/c1-23(2,3)29-22(28)26-12-9-18(10-13-26)27-15-20(16-4-6-17(24)7-5-16)19-14-25-11-8-21(19)27/h4-8,11,14-15,18H,9-10,12-13H2,1-3H3. The molecule has 1 aromatic carbocycles. The van der Waals surface area contributed by atoms with E-state index in [9.17, 15) is 4.79 Å². The van der Waals surface area contributed by atoms with Gasteiger partial charge in [-0.3, -0.25) is 4.98 Å². The predicted octanol–water partition coefficient (Wildman–Crippen LogP) is 5.93. The maximum Gasteiger partial charge on any atom is 0.410 e. The van der Waals surface area contributed by atoms with Crippen LogP contribution in [0.4, 0.5) is 4.79 Å². The maximum atomic E-state index is 12.4. The lowest BCUT2D eigenvalue weighted by atomic mass is 10.1. The number of likely N-dealkylation sites (tertiary alicyclic amines) is 1. The van der Waals surface area contributed by atoms with Gasteiger partial charge in [-0.05, 0) is 57.4 Å². The Balaban J connectivity index is 1.58. The number of nitrogens with zero attached hydrogens (tertiary/aromatic N) is 3. The second kappa shape index (κ2) is 7.71. The number of ether oxygens (including phenoxy) is 1. The highest BCUT2D eigenvalue weighted by atomic mass is 35.5. The van der Waals surface area contributed by atoms with Gasteiger partial charge in [0.25, 0.3) is 0 Å². The Hall–Kier alpha value is -2.53. The van der Waals surface area contributed by atoms with E-state index in [0.29, 0.717) is 19.1 Å². The van der Waals surface area contributed by atoms with E-state index < -0.39 is 5.60 Å². The van der Waals surface area contributed by atoms with Gasteiger partial charge in [-0.15, -0.1) is 0 Å². The van der Waals surface area contributed by atoms with Crippen LogP contribution in [0.15, 0.2) is 48.9 Å². The lowest BCUT2D eigenvalue weighted by Crippen LogP contribution is -2.42. The van der Waals surface area contributed by atoms with Gasteiger partial charge in [0.1, 0.15) is 5.60 Å². The third-order valence-corrected chi connectivity index (χ3v) is 5.55. The third-order valence-electron chi connectivity index (χ3n) is 5.30. The largest absolute Gasteiger partial charge is 0.444 e. The van der Waals surface area contributed by atoms with Crippen LogP contribution in [0.3, 0.4) is 0 Å². The number of pyridine rings is 1. The van der Waals surface area contributed by atoms with Crippen LogP contribution in [0.2, 0.25) is 5.02 Å². The molecule has 0 unspecified atom stereocenters. The van der Waals surface area contributed by atoms with Crippen LogP contribution in [-0.4, -0.2) is 39.2 Å². The van der Waals surface area contributed by atoms with Crippen LogP contribution in [0.1, 0.15) is 39.7 Å². The molecule has 1 amide bonds. The number of amides is 1. The molecule has 1 saturated heterocycles. The molecular weight excluding hydrogens is 386 g/mol. The zero-order valence-corrected chi connectivity index (χ0v) is 17.8. The topological polar surface area (TPSA) is 47.4 Å². The Labute approximate surface area is 176 Å². The minimum Gasteiger partial charge on any atom is -0.444 e. The number of carbonyl (C=O) groups excluding carboxylic acids is 1. The summed E-state index contributed by atoms with van der Waals surface area (Å²) in [6.45, 7) is 7.09. The first kappa shape index (κ1) is 19.8. The first-order valence-electron chi connectivity index (χ1n) is 10.0. The maximum absolute atomic E-state index is 12.4. The average Bonchev–Trinajstić information content (AvgIpc) is 3.07. The van der Waals surface area contributed by atoms with Crippen molar-refractivity contribution in [2.75, 3.05) is 13.1 Å². The van der Waals surface area contributed by atoms with Gasteiger partial charge in [-0.1, -0.05) is 23.7 Å². The van der Waals surface area contributed by atoms with Gasteiger partial charge in [0.2, 0.25) is 0 Å². The quantitative estimate of drug-likeness (QED) is 0.525. The number of benzene rings is 1. The molecule has 1 fully saturated rings. The number of carbonyl (C=O) groups is 1. The average molecular weight is 412 g/mol. The molecule has 1 aliphatic heterocycles. The Kier molecular flexibility index (Phi) is 5.26. The number of piperidine rings is 1. The smallest absolute Gasteiger partial charge is 0.410 e. The number of hydrogen-bond acceptors (Lipinski definition) is 3. The lowest BCUT2D eigenvalue weighted by molar-refractivity contribution is 0.0190. The Morgan fingerprint density at radius 1 is 1.14 bits per heavy atom. The van der Waals surface area contributed by atoms with Gasteiger partial charge >= 0.3 is 6.09 Å². The molecule has 0 spiro atoms. The van der Waals surface area contributed by atoms with Crippen LogP contribution in [-0.2, 0) is 4.74 Å². The zero-order valence-electron chi connectivity index (χ0n) is 17.1. The molecule has 6 heteroatoms. The van der Waals surface area contributed by atoms with Crippen molar-refractivity contribution in [2.24, 2.45) is 0 Å². The summed E-state index contributed by atoms with van der Waals surface area (Å²) in [6.07, 6.45) is 7.53. The molecule has 1 aliphatic rings. The van der Waals surface area contributed by atoms with E-state index in [0.717, 1.165) is 34.4 Å². The summed E-state index contributed by atoms with van der Waals surface area (Å²) in [5, 5.41) is 1.86. The molecule has 0 atom stereocenters. The van der Waals surface area contributed by atoms with Crippen molar-refractivity contribution in [3.05, 3.63) is 53.9 Å². The van der Waals surface area contributed by atoms with Gasteiger partial charge in [-0.2, -0.15) is 0 Å². The van der Waals surface area contributed by atoms with Crippen molar-refractivity contribution < 1.29 is 9.53 Å². The summed E-state index contributed by atoms with van der Waals surface area (Å²) < 4.78 is 7.86. The fraction of sp³-hybridized carbons (Fsp3) is 0.391. The predicted molar refractivity (Wildman–Crippen MR) is 116 cm³/mol. The molecule has 152 valence electrons. The van der Waals surface area contributed by atoms with Crippen molar-refractivity contribution in [1.29, 1.82) is 0 Å². The summed E-state index contributed by atoms with van der Waals surface area (Å²) >= 11 is 6.06. The number of rotatable bonds is 2. The Morgan fingerprint density at radius 2 is 1.83 bits per heavy atom. The SMILES string of the molecule is CC(C)(C)OC(=O)N1CCC(n2cc(-c3ccc(Cl)cc3)c3cnccc32)CC1. The minimum atomic E-state index is -0.467. The lowest BCUT2D eigenvalue weighted by Gasteiger charge is -2.34. The molecule has 2 aromatic heterocycles. The summed E-state index contributed by atoms with van der Waals surface area (Å²) in [5.74, 6) is 0. The number of fused-ring (bicyclic) bond motifs is 1. The van der Waals surface area contributed by atoms with E-state index in [1.54, 1.807) is 0 Å². The van der Waals surface area contributed by atoms with Crippen molar-refractivity contribution in [2.45, 2.75) is 45.3 Å². The molecule has 0 aliphatic carbocycles. The Bertz CT molecular complexity index is 1010. The molecule has 0 saturated carbocycles. The van der Waals surface area contributed by atoms with E-state index in [1.165, 1.54) is 5.52 Å². The van der Waals surface area contributed by atoms with Crippen LogP contribution in [0, 0.1) is 0 Å². The Morgan fingerprint density at radius 3 is 2.48 bits per heavy atom. The highest BCUT2D eigenvalue weighted by Crippen LogP contribution is 2.35. The van der Waals surface area contributed by atoms with Crippen LogP contribution >= 0.6 is 11.6 Å². The molecule has 4 rings (SSSR count). The molecule has 29 heavy (non-hydrogen) atoms. The second-order valence-corrected chi connectivity index (χ2v) is 8.98. The van der Waals surface area contributed by atoms with E-state index in [1.807, 2.05) is 62.3 Å². The number of halogens is 1.